The molecule has 1 amide bonds. The molecule has 0 bridgehead atoms. The van der Waals surface area contributed by atoms with Gasteiger partial charge in [0.15, 0.2) is 0 Å². The average Bonchev–Trinajstić information content (AvgIpc) is 3.39. The summed E-state index contributed by atoms with van der Waals surface area (Å²) < 4.78 is 22.2. The first-order valence-corrected chi connectivity index (χ1v) is 9.34. The number of benzene rings is 2. The summed E-state index contributed by atoms with van der Waals surface area (Å²) in [4.78, 5) is 13.1. The van der Waals surface area contributed by atoms with Gasteiger partial charge in [0.1, 0.15) is 22.8 Å². The minimum Gasteiger partial charge on any atom is -0.497 e. The summed E-state index contributed by atoms with van der Waals surface area (Å²) in [6, 6.07) is 12.9. The minimum absolute atomic E-state index is 0.0705. The van der Waals surface area contributed by atoms with Gasteiger partial charge in [-0.1, -0.05) is 0 Å². The Labute approximate surface area is 163 Å². The van der Waals surface area contributed by atoms with Gasteiger partial charge in [0.25, 0.3) is 5.91 Å². The maximum absolute atomic E-state index is 13.1. The highest BCUT2D eigenvalue weighted by molar-refractivity contribution is 6.11. The number of nitrogens with one attached hydrogen (secondary N) is 1. The highest BCUT2D eigenvalue weighted by atomic mass is 16.5. The lowest BCUT2D eigenvalue weighted by molar-refractivity contribution is 0.0859. The summed E-state index contributed by atoms with van der Waals surface area (Å²) in [6.07, 6.45) is 2.07. The van der Waals surface area contributed by atoms with E-state index in [0.29, 0.717) is 29.2 Å². The number of carbonyl (C=O) groups is 1. The number of furan rings is 1. The van der Waals surface area contributed by atoms with Crippen molar-refractivity contribution in [3.63, 3.8) is 0 Å². The smallest absolute Gasteiger partial charge is 0.255 e. The highest BCUT2D eigenvalue weighted by Crippen LogP contribution is 2.36. The van der Waals surface area contributed by atoms with E-state index >= 15 is 0 Å². The number of fused-ring (bicyclic) bond motifs is 1. The summed E-state index contributed by atoms with van der Waals surface area (Å²) in [5.74, 6) is 1.75. The lowest BCUT2D eigenvalue weighted by atomic mass is 10.0. The Bertz CT molecular complexity index is 971. The first-order chi connectivity index (χ1) is 13.7. The molecule has 1 N–H and O–H groups in total. The van der Waals surface area contributed by atoms with Crippen LogP contribution in [0.5, 0.6) is 11.5 Å². The third-order valence-corrected chi connectivity index (χ3v) is 4.99. The van der Waals surface area contributed by atoms with Gasteiger partial charge >= 0.3 is 0 Å². The number of hydrogen-bond acceptors (Lipinski definition) is 5. The second-order valence-electron chi connectivity index (χ2n) is 6.74. The molecule has 3 aromatic rings. The molecule has 2 heterocycles. The van der Waals surface area contributed by atoms with Crippen molar-refractivity contribution in [1.29, 1.82) is 0 Å². The molecule has 1 aromatic heterocycles. The zero-order valence-corrected chi connectivity index (χ0v) is 16.0. The van der Waals surface area contributed by atoms with E-state index in [1.807, 2.05) is 42.5 Å². The molecular weight excluding hydrogens is 358 g/mol. The van der Waals surface area contributed by atoms with Crippen LogP contribution < -0.4 is 14.8 Å². The number of methoxy groups -OCH3 is 2. The van der Waals surface area contributed by atoms with E-state index in [1.54, 1.807) is 14.2 Å². The van der Waals surface area contributed by atoms with Crippen molar-refractivity contribution >= 4 is 16.9 Å². The lowest BCUT2D eigenvalue weighted by Crippen LogP contribution is -2.31. The van der Waals surface area contributed by atoms with Crippen molar-refractivity contribution in [2.45, 2.75) is 18.9 Å². The van der Waals surface area contributed by atoms with E-state index < -0.39 is 0 Å². The Kier molecular flexibility index (Phi) is 5.21. The molecule has 0 aliphatic carbocycles. The summed E-state index contributed by atoms with van der Waals surface area (Å²) >= 11 is 0. The normalized spacial score (nSPS) is 16.3. The summed E-state index contributed by atoms with van der Waals surface area (Å²) in [7, 11) is 3.22. The topological polar surface area (TPSA) is 69.9 Å². The third-order valence-electron chi connectivity index (χ3n) is 4.99. The van der Waals surface area contributed by atoms with Gasteiger partial charge < -0.3 is 23.9 Å². The second-order valence-corrected chi connectivity index (χ2v) is 6.74. The molecule has 1 atom stereocenters. The Morgan fingerprint density at radius 1 is 1.11 bits per heavy atom. The van der Waals surface area contributed by atoms with Crippen LogP contribution in [0.1, 0.15) is 23.2 Å². The van der Waals surface area contributed by atoms with Crippen molar-refractivity contribution < 1.29 is 23.4 Å². The molecule has 1 fully saturated rings. The van der Waals surface area contributed by atoms with Crippen molar-refractivity contribution in [1.82, 2.24) is 5.32 Å². The number of ether oxygens (including phenoxy) is 3. The van der Waals surface area contributed by atoms with Crippen LogP contribution >= 0.6 is 0 Å². The van der Waals surface area contributed by atoms with Crippen LogP contribution in [0, 0.1) is 0 Å². The number of rotatable bonds is 6. The number of amides is 1. The van der Waals surface area contributed by atoms with Crippen LogP contribution in [-0.4, -0.2) is 39.4 Å². The largest absolute Gasteiger partial charge is 0.497 e. The summed E-state index contributed by atoms with van der Waals surface area (Å²) in [6.45, 7) is 1.24. The van der Waals surface area contributed by atoms with Gasteiger partial charge in [0.05, 0.1) is 25.9 Å². The first-order valence-electron chi connectivity index (χ1n) is 9.34. The molecule has 0 radical (unpaired) electrons. The first kappa shape index (κ1) is 18.4. The SMILES string of the molecule is COc1ccc(-c2oc3ccc(OC)cc3c2C(=O)NCC2CCCO2)cc1. The van der Waals surface area contributed by atoms with E-state index in [9.17, 15) is 4.79 Å². The van der Waals surface area contributed by atoms with Gasteiger partial charge in [0.2, 0.25) is 0 Å². The Morgan fingerprint density at radius 2 is 1.86 bits per heavy atom. The Morgan fingerprint density at radius 3 is 2.54 bits per heavy atom. The van der Waals surface area contributed by atoms with Gasteiger partial charge in [-0.15, -0.1) is 0 Å². The minimum atomic E-state index is -0.187. The number of hydrogen-bond donors (Lipinski definition) is 1. The molecule has 1 saturated heterocycles. The van der Waals surface area contributed by atoms with Gasteiger partial charge in [-0.05, 0) is 55.3 Å². The van der Waals surface area contributed by atoms with E-state index in [0.717, 1.165) is 36.1 Å². The molecule has 6 nitrogen and oxygen atoms in total. The van der Waals surface area contributed by atoms with Crippen molar-refractivity contribution in [3.8, 4) is 22.8 Å². The van der Waals surface area contributed by atoms with Crippen LogP contribution in [0.25, 0.3) is 22.3 Å². The fourth-order valence-electron chi connectivity index (χ4n) is 3.48. The molecule has 1 aliphatic rings. The second kappa shape index (κ2) is 7.94. The van der Waals surface area contributed by atoms with E-state index in [4.69, 9.17) is 18.6 Å². The molecule has 146 valence electrons. The quantitative estimate of drug-likeness (QED) is 0.698. The monoisotopic (exact) mass is 381 g/mol. The van der Waals surface area contributed by atoms with Gasteiger partial charge in [-0.25, -0.2) is 0 Å². The van der Waals surface area contributed by atoms with Crippen LogP contribution in [0.15, 0.2) is 46.9 Å². The Hall–Kier alpha value is -2.99. The van der Waals surface area contributed by atoms with Crippen LogP contribution in [-0.2, 0) is 4.74 Å². The Balaban J connectivity index is 1.74. The summed E-state index contributed by atoms with van der Waals surface area (Å²) in [5, 5.41) is 3.72. The fourth-order valence-corrected chi connectivity index (χ4v) is 3.48. The molecule has 4 rings (SSSR count). The van der Waals surface area contributed by atoms with E-state index in [1.165, 1.54) is 0 Å². The van der Waals surface area contributed by atoms with Crippen molar-refractivity contribution in [2.24, 2.45) is 0 Å². The molecule has 1 aliphatic heterocycles. The maximum atomic E-state index is 13.1. The van der Waals surface area contributed by atoms with E-state index in [2.05, 4.69) is 5.32 Å². The highest BCUT2D eigenvalue weighted by Gasteiger charge is 2.24. The molecule has 1 unspecified atom stereocenters. The van der Waals surface area contributed by atoms with Gasteiger partial charge in [-0.3, -0.25) is 4.79 Å². The van der Waals surface area contributed by atoms with Crippen LogP contribution in [0.3, 0.4) is 0 Å². The van der Waals surface area contributed by atoms with Crippen molar-refractivity contribution in [2.75, 3.05) is 27.4 Å². The predicted molar refractivity (Wildman–Crippen MR) is 106 cm³/mol. The zero-order valence-electron chi connectivity index (χ0n) is 16.0. The fraction of sp³-hybridized carbons (Fsp3) is 0.318. The number of carbonyl (C=O) groups excluding carboxylic acids is 1. The lowest BCUT2D eigenvalue weighted by Gasteiger charge is -2.11. The summed E-state index contributed by atoms with van der Waals surface area (Å²) in [5.41, 5.74) is 1.93. The molecule has 6 heteroatoms. The maximum Gasteiger partial charge on any atom is 0.255 e. The van der Waals surface area contributed by atoms with Gasteiger partial charge in [-0.2, -0.15) is 0 Å². The molecular formula is C22H23NO5. The third kappa shape index (κ3) is 3.55. The molecule has 0 spiro atoms. The molecule has 2 aromatic carbocycles. The standard InChI is InChI=1S/C22H23NO5/c1-25-15-7-5-14(6-8-15)21-20(22(24)23-13-17-4-3-11-27-17)18-12-16(26-2)9-10-19(18)28-21/h5-10,12,17H,3-4,11,13H2,1-2H3,(H,23,24). The van der Waals surface area contributed by atoms with Crippen LogP contribution in [0.4, 0.5) is 0 Å². The van der Waals surface area contributed by atoms with Gasteiger partial charge in [0, 0.05) is 24.1 Å². The molecule has 0 saturated carbocycles. The average molecular weight is 381 g/mol. The molecule has 28 heavy (non-hydrogen) atoms. The van der Waals surface area contributed by atoms with E-state index in [-0.39, 0.29) is 12.0 Å². The zero-order chi connectivity index (χ0) is 19.5. The predicted octanol–water partition coefficient (Wildman–Crippen LogP) is 4.03. The van der Waals surface area contributed by atoms with Crippen molar-refractivity contribution in [3.05, 3.63) is 48.0 Å². The van der Waals surface area contributed by atoms with Crippen LogP contribution in [0.2, 0.25) is 0 Å².